The second-order valence-corrected chi connectivity index (χ2v) is 9.70. The van der Waals surface area contributed by atoms with Gasteiger partial charge in [-0.05, 0) is 45.3 Å². The minimum Gasteiger partial charge on any atom is -0.497 e. The van der Waals surface area contributed by atoms with Crippen LogP contribution in [0, 0.1) is 0 Å². The lowest BCUT2D eigenvalue weighted by Gasteiger charge is -2.29. The molecule has 0 saturated heterocycles. The second-order valence-electron chi connectivity index (χ2n) is 9.70. The SMILES string of the molecule is COc1ccc([C@H]2c3c(ccc4ccccc34)Oc3ncn4nc(-c5cccc6ccccc56)nc4c32)cc1. The molecule has 5 aromatic carbocycles. The third kappa shape index (κ3) is 3.31. The number of nitrogens with zero attached hydrogens (tertiary/aromatic N) is 4. The molecule has 186 valence electrons. The van der Waals surface area contributed by atoms with Crippen molar-refractivity contribution in [3.05, 3.63) is 126 Å². The lowest BCUT2D eigenvalue weighted by molar-refractivity contribution is 0.414. The fraction of sp³-hybridized carbons (Fsp3) is 0.0606. The van der Waals surface area contributed by atoms with Gasteiger partial charge in [0.1, 0.15) is 17.8 Å². The number of methoxy groups -OCH3 is 1. The number of benzene rings is 5. The Bertz CT molecular complexity index is 2040. The van der Waals surface area contributed by atoms with E-state index in [9.17, 15) is 0 Å². The van der Waals surface area contributed by atoms with Gasteiger partial charge in [0.25, 0.3) is 0 Å². The molecule has 2 aromatic heterocycles. The zero-order chi connectivity index (χ0) is 25.9. The maximum absolute atomic E-state index is 6.46. The van der Waals surface area contributed by atoms with Crippen LogP contribution in [0.4, 0.5) is 0 Å². The van der Waals surface area contributed by atoms with Crippen LogP contribution in [0.2, 0.25) is 0 Å². The molecule has 0 bridgehead atoms. The molecule has 0 fully saturated rings. The first-order valence-corrected chi connectivity index (χ1v) is 12.9. The first kappa shape index (κ1) is 21.8. The van der Waals surface area contributed by atoms with Crippen molar-refractivity contribution in [2.75, 3.05) is 7.11 Å². The topological polar surface area (TPSA) is 61.5 Å². The Balaban J connectivity index is 1.42. The molecule has 0 radical (unpaired) electrons. The smallest absolute Gasteiger partial charge is 0.228 e. The molecular weight excluding hydrogens is 484 g/mol. The highest BCUT2D eigenvalue weighted by Gasteiger charge is 2.34. The molecular formula is C33H22N4O2. The van der Waals surface area contributed by atoms with E-state index >= 15 is 0 Å². The van der Waals surface area contributed by atoms with Crippen LogP contribution in [-0.2, 0) is 0 Å². The molecule has 1 atom stereocenters. The summed E-state index contributed by atoms with van der Waals surface area (Å²) >= 11 is 0. The summed E-state index contributed by atoms with van der Waals surface area (Å²) in [5, 5.41) is 9.43. The molecule has 0 saturated carbocycles. The molecule has 0 aliphatic carbocycles. The third-order valence-corrected chi connectivity index (χ3v) is 7.58. The molecule has 8 rings (SSSR count). The monoisotopic (exact) mass is 506 g/mol. The van der Waals surface area contributed by atoms with Crippen molar-refractivity contribution in [1.82, 2.24) is 19.6 Å². The summed E-state index contributed by atoms with van der Waals surface area (Å²) in [4.78, 5) is 9.83. The van der Waals surface area contributed by atoms with Gasteiger partial charge in [0.05, 0.1) is 12.7 Å². The fourth-order valence-electron chi connectivity index (χ4n) is 5.77. The maximum Gasteiger partial charge on any atom is 0.228 e. The largest absolute Gasteiger partial charge is 0.497 e. The van der Waals surface area contributed by atoms with Gasteiger partial charge in [0.2, 0.25) is 5.88 Å². The summed E-state index contributed by atoms with van der Waals surface area (Å²) in [5.74, 6) is 2.64. The standard InChI is InChI=1S/C33H22N4O2/c1-38-23-16-13-22(14-17-23)28-29-25-11-5-3-8-21(25)15-18-27(29)39-33-30(28)32-35-31(36-37(32)19-34-33)26-12-6-9-20-7-2-4-10-24(20)26/h2-19,28H,1H3/t28-/m0/s1. The summed E-state index contributed by atoms with van der Waals surface area (Å²) < 4.78 is 13.7. The lowest BCUT2D eigenvalue weighted by Crippen LogP contribution is -2.15. The van der Waals surface area contributed by atoms with E-state index < -0.39 is 0 Å². The molecule has 3 heterocycles. The summed E-state index contributed by atoms with van der Waals surface area (Å²) in [7, 11) is 1.68. The molecule has 0 spiro atoms. The van der Waals surface area contributed by atoms with Crippen LogP contribution in [0.15, 0.2) is 109 Å². The summed E-state index contributed by atoms with van der Waals surface area (Å²) in [5.41, 5.74) is 4.79. The van der Waals surface area contributed by atoms with Crippen molar-refractivity contribution < 1.29 is 9.47 Å². The van der Waals surface area contributed by atoms with Crippen LogP contribution >= 0.6 is 0 Å². The van der Waals surface area contributed by atoms with Gasteiger partial charge in [-0.2, -0.15) is 0 Å². The number of fused-ring (bicyclic) bond motifs is 7. The number of hydrogen-bond acceptors (Lipinski definition) is 5. The predicted octanol–water partition coefficient (Wildman–Crippen LogP) is 7.39. The Hall–Kier alpha value is -5.23. The Morgan fingerprint density at radius 1 is 0.744 bits per heavy atom. The zero-order valence-corrected chi connectivity index (χ0v) is 21.1. The highest BCUT2D eigenvalue weighted by atomic mass is 16.5. The highest BCUT2D eigenvalue weighted by molar-refractivity contribution is 5.95. The quantitative estimate of drug-likeness (QED) is 0.250. The lowest BCUT2D eigenvalue weighted by atomic mass is 9.81. The van der Waals surface area contributed by atoms with E-state index in [0.29, 0.717) is 11.7 Å². The van der Waals surface area contributed by atoms with Crippen molar-refractivity contribution in [2.24, 2.45) is 0 Å². The van der Waals surface area contributed by atoms with Gasteiger partial charge in [-0.25, -0.2) is 14.5 Å². The normalized spacial score (nSPS) is 14.2. The molecule has 7 aromatic rings. The molecule has 1 aliphatic rings. The zero-order valence-electron chi connectivity index (χ0n) is 21.1. The van der Waals surface area contributed by atoms with Gasteiger partial charge in [-0.1, -0.05) is 84.9 Å². The van der Waals surface area contributed by atoms with Crippen LogP contribution in [0.25, 0.3) is 38.6 Å². The van der Waals surface area contributed by atoms with E-state index in [1.54, 1.807) is 18.0 Å². The van der Waals surface area contributed by atoms with Gasteiger partial charge in [-0.15, -0.1) is 5.10 Å². The molecule has 0 amide bonds. The van der Waals surface area contributed by atoms with Crippen molar-refractivity contribution >= 4 is 27.2 Å². The van der Waals surface area contributed by atoms with E-state index in [1.165, 1.54) is 0 Å². The van der Waals surface area contributed by atoms with Crippen LogP contribution in [-0.4, -0.2) is 26.7 Å². The summed E-state index contributed by atoms with van der Waals surface area (Å²) in [6.45, 7) is 0. The molecule has 39 heavy (non-hydrogen) atoms. The number of aromatic nitrogens is 4. The van der Waals surface area contributed by atoms with Crippen molar-refractivity contribution in [2.45, 2.75) is 5.92 Å². The number of ether oxygens (including phenoxy) is 2. The van der Waals surface area contributed by atoms with Crippen LogP contribution < -0.4 is 9.47 Å². The van der Waals surface area contributed by atoms with E-state index in [4.69, 9.17) is 24.5 Å². The van der Waals surface area contributed by atoms with Crippen molar-refractivity contribution in [1.29, 1.82) is 0 Å². The van der Waals surface area contributed by atoms with Crippen LogP contribution in [0.5, 0.6) is 17.4 Å². The van der Waals surface area contributed by atoms with E-state index in [0.717, 1.165) is 60.9 Å². The minimum atomic E-state index is -0.165. The van der Waals surface area contributed by atoms with E-state index in [2.05, 4.69) is 66.7 Å². The van der Waals surface area contributed by atoms with Gasteiger partial charge >= 0.3 is 0 Å². The van der Waals surface area contributed by atoms with Gasteiger partial charge in [0, 0.05) is 17.0 Å². The number of hydrogen-bond donors (Lipinski definition) is 0. The first-order chi connectivity index (χ1) is 19.3. The Morgan fingerprint density at radius 2 is 1.49 bits per heavy atom. The Labute approximate surface area is 224 Å². The number of rotatable bonds is 3. The maximum atomic E-state index is 6.46. The van der Waals surface area contributed by atoms with E-state index in [-0.39, 0.29) is 5.92 Å². The molecule has 6 nitrogen and oxygen atoms in total. The van der Waals surface area contributed by atoms with Crippen LogP contribution in [0.3, 0.4) is 0 Å². The van der Waals surface area contributed by atoms with Crippen molar-refractivity contribution in [3.63, 3.8) is 0 Å². The second kappa shape index (κ2) is 8.39. The highest BCUT2D eigenvalue weighted by Crippen LogP contribution is 2.50. The average molecular weight is 507 g/mol. The van der Waals surface area contributed by atoms with E-state index in [1.807, 2.05) is 36.4 Å². The third-order valence-electron chi connectivity index (χ3n) is 7.58. The Kier molecular flexibility index (Phi) is 4.70. The van der Waals surface area contributed by atoms with Gasteiger partial charge in [-0.3, -0.25) is 0 Å². The molecule has 0 unspecified atom stereocenters. The molecule has 1 aliphatic heterocycles. The minimum absolute atomic E-state index is 0.165. The van der Waals surface area contributed by atoms with Gasteiger partial charge < -0.3 is 9.47 Å². The molecule has 0 N–H and O–H groups in total. The van der Waals surface area contributed by atoms with Gasteiger partial charge in [0.15, 0.2) is 11.5 Å². The van der Waals surface area contributed by atoms with Crippen molar-refractivity contribution in [3.8, 4) is 28.8 Å². The average Bonchev–Trinajstić information content (AvgIpc) is 3.44. The summed E-state index contributed by atoms with van der Waals surface area (Å²) in [6.07, 6.45) is 1.69. The summed E-state index contributed by atoms with van der Waals surface area (Å²) in [6, 6.07) is 35.3. The fourth-order valence-corrected chi connectivity index (χ4v) is 5.77. The first-order valence-electron chi connectivity index (χ1n) is 12.9. The Morgan fingerprint density at radius 3 is 2.31 bits per heavy atom. The molecule has 6 heteroatoms. The predicted molar refractivity (Wildman–Crippen MR) is 152 cm³/mol. The van der Waals surface area contributed by atoms with Crippen LogP contribution in [0.1, 0.15) is 22.6 Å².